The Morgan fingerprint density at radius 1 is 1.13 bits per heavy atom. The van der Waals surface area contributed by atoms with Crippen molar-refractivity contribution in [1.29, 1.82) is 0 Å². The van der Waals surface area contributed by atoms with Gasteiger partial charge in [0.05, 0.1) is 12.7 Å². The zero-order valence-electron chi connectivity index (χ0n) is 13.3. The first-order valence-electron chi connectivity index (χ1n) is 7.72. The molecule has 0 fully saturated rings. The van der Waals surface area contributed by atoms with Gasteiger partial charge in [-0.2, -0.15) is 0 Å². The Morgan fingerprint density at radius 2 is 1.78 bits per heavy atom. The molecular formula is C19H19ClO2S. The minimum atomic E-state index is -0.227. The second kappa shape index (κ2) is 6.98. The van der Waals surface area contributed by atoms with Crippen LogP contribution in [0.3, 0.4) is 0 Å². The first-order chi connectivity index (χ1) is 11.2. The fraction of sp³-hybridized carbons (Fsp3) is 0.316. The number of rotatable bonds is 3. The van der Waals surface area contributed by atoms with Crippen molar-refractivity contribution in [2.45, 2.75) is 30.6 Å². The van der Waals surface area contributed by atoms with Crippen LogP contribution >= 0.6 is 23.4 Å². The Balaban J connectivity index is 2.25. The first-order valence-corrected chi connectivity index (χ1v) is 9.33. The Labute approximate surface area is 146 Å². The summed E-state index contributed by atoms with van der Waals surface area (Å²) in [6.07, 6.45) is 6.23. The molecule has 2 aromatic rings. The molecule has 0 saturated heterocycles. The fourth-order valence-corrected chi connectivity index (χ4v) is 4.06. The van der Waals surface area contributed by atoms with Gasteiger partial charge in [-0.3, -0.25) is 0 Å². The molecule has 0 radical (unpaired) electrons. The maximum Gasteiger partial charge on any atom is 0.339 e. The van der Waals surface area contributed by atoms with Crippen LogP contribution in [0.1, 0.15) is 34.3 Å². The summed E-state index contributed by atoms with van der Waals surface area (Å²) in [6, 6.07) is 10.1. The summed E-state index contributed by atoms with van der Waals surface area (Å²) >= 11 is 7.62. The number of halogens is 1. The number of hydrogen-bond donors (Lipinski definition) is 0. The van der Waals surface area contributed by atoms with Crippen LogP contribution in [0.25, 0.3) is 11.1 Å². The SMILES string of the molecule is COC(=O)c1c(SC)cc(-c2ccc(Cl)cc2)c2c1CCCC2. The van der Waals surface area contributed by atoms with E-state index < -0.39 is 0 Å². The largest absolute Gasteiger partial charge is 0.465 e. The van der Waals surface area contributed by atoms with Crippen molar-refractivity contribution >= 4 is 29.3 Å². The Bertz CT molecular complexity index is 738. The number of benzene rings is 2. The minimum absolute atomic E-state index is 0.227. The van der Waals surface area contributed by atoms with Gasteiger partial charge < -0.3 is 4.74 Å². The quantitative estimate of drug-likeness (QED) is 0.550. The molecule has 0 spiro atoms. The van der Waals surface area contributed by atoms with Gasteiger partial charge in [-0.1, -0.05) is 23.7 Å². The Kier molecular flexibility index (Phi) is 4.98. The highest BCUT2D eigenvalue weighted by atomic mass is 35.5. The third-order valence-corrected chi connectivity index (χ3v) is 5.39. The number of carbonyl (C=O) groups excluding carboxylic acids is 1. The molecule has 0 heterocycles. The van der Waals surface area contributed by atoms with E-state index in [0.29, 0.717) is 0 Å². The molecule has 0 saturated carbocycles. The lowest BCUT2D eigenvalue weighted by atomic mass is 9.83. The smallest absolute Gasteiger partial charge is 0.339 e. The van der Waals surface area contributed by atoms with E-state index in [9.17, 15) is 4.79 Å². The van der Waals surface area contributed by atoms with Gasteiger partial charge in [-0.15, -0.1) is 11.8 Å². The molecular weight excluding hydrogens is 328 g/mol. The van der Waals surface area contributed by atoms with Crippen molar-refractivity contribution in [2.75, 3.05) is 13.4 Å². The van der Waals surface area contributed by atoms with Gasteiger partial charge in [0.2, 0.25) is 0 Å². The van der Waals surface area contributed by atoms with Gasteiger partial charge in [0.1, 0.15) is 0 Å². The van der Waals surface area contributed by atoms with Gasteiger partial charge in [0, 0.05) is 9.92 Å². The minimum Gasteiger partial charge on any atom is -0.465 e. The number of hydrogen-bond acceptors (Lipinski definition) is 3. The van der Waals surface area contributed by atoms with E-state index in [1.54, 1.807) is 11.8 Å². The molecule has 2 aromatic carbocycles. The van der Waals surface area contributed by atoms with E-state index >= 15 is 0 Å². The van der Waals surface area contributed by atoms with Gasteiger partial charge in [-0.25, -0.2) is 4.79 Å². The average Bonchev–Trinajstić information content (AvgIpc) is 2.60. The van der Waals surface area contributed by atoms with Crippen LogP contribution in [0.2, 0.25) is 5.02 Å². The number of methoxy groups -OCH3 is 1. The van der Waals surface area contributed by atoms with E-state index in [1.165, 1.54) is 23.8 Å². The molecule has 0 aromatic heterocycles. The summed E-state index contributed by atoms with van der Waals surface area (Å²) in [7, 11) is 1.45. The van der Waals surface area contributed by atoms with Crippen LogP contribution in [-0.4, -0.2) is 19.3 Å². The Morgan fingerprint density at radius 3 is 2.39 bits per heavy atom. The molecule has 23 heavy (non-hydrogen) atoms. The van der Waals surface area contributed by atoms with Gasteiger partial charge >= 0.3 is 5.97 Å². The van der Waals surface area contributed by atoms with Crippen LogP contribution < -0.4 is 0 Å². The number of fused-ring (bicyclic) bond motifs is 1. The number of thioether (sulfide) groups is 1. The van der Waals surface area contributed by atoms with E-state index in [-0.39, 0.29) is 5.97 Å². The normalized spacial score (nSPS) is 13.5. The zero-order valence-corrected chi connectivity index (χ0v) is 14.9. The lowest BCUT2D eigenvalue weighted by Gasteiger charge is -2.24. The van der Waals surface area contributed by atoms with Crippen molar-refractivity contribution in [2.24, 2.45) is 0 Å². The topological polar surface area (TPSA) is 26.3 Å². The molecule has 0 amide bonds. The van der Waals surface area contributed by atoms with E-state index in [0.717, 1.165) is 46.7 Å². The van der Waals surface area contributed by atoms with E-state index in [1.807, 2.05) is 18.4 Å². The zero-order chi connectivity index (χ0) is 16.4. The molecule has 2 nitrogen and oxygen atoms in total. The molecule has 1 aliphatic rings. The monoisotopic (exact) mass is 346 g/mol. The molecule has 0 atom stereocenters. The maximum atomic E-state index is 12.3. The van der Waals surface area contributed by atoms with Crippen molar-refractivity contribution < 1.29 is 9.53 Å². The van der Waals surface area contributed by atoms with Crippen LogP contribution in [0, 0.1) is 0 Å². The van der Waals surface area contributed by atoms with E-state index in [4.69, 9.17) is 16.3 Å². The molecule has 0 N–H and O–H groups in total. The van der Waals surface area contributed by atoms with Crippen LogP contribution in [0.15, 0.2) is 35.2 Å². The standard InChI is InChI=1S/C19H19ClO2S/c1-22-19(21)18-15-6-4-3-5-14(15)16(11-17(18)23-2)12-7-9-13(20)10-8-12/h7-11H,3-6H2,1-2H3. The third kappa shape index (κ3) is 3.13. The van der Waals surface area contributed by atoms with Crippen molar-refractivity contribution in [1.82, 2.24) is 0 Å². The summed E-state index contributed by atoms with van der Waals surface area (Å²) in [4.78, 5) is 13.3. The van der Waals surface area contributed by atoms with Crippen LogP contribution in [-0.2, 0) is 17.6 Å². The summed E-state index contributed by atoms with van der Waals surface area (Å²) in [5.74, 6) is -0.227. The van der Waals surface area contributed by atoms with Gasteiger partial charge in [0.15, 0.2) is 0 Å². The molecule has 0 bridgehead atoms. The van der Waals surface area contributed by atoms with Crippen LogP contribution in [0.4, 0.5) is 0 Å². The van der Waals surface area contributed by atoms with Gasteiger partial charge in [-0.05, 0) is 72.4 Å². The molecule has 120 valence electrons. The lowest BCUT2D eigenvalue weighted by molar-refractivity contribution is 0.0595. The highest BCUT2D eigenvalue weighted by Crippen LogP contribution is 2.39. The highest BCUT2D eigenvalue weighted by molar-refractivity contribution is 7.98. The maximum absolute atomic E-state index is 12.3. The first kappa shape index (κ1) is 16.4. The number of esters is 1. The Hall–Kier alpha value is -1.45. The fourth-order valence-electron chi connectivity index (χ4n) is 3.29. The van der Waals surface area contributed by atoms with Crippen molar-refractivity contribution in [3.63, 3.8) is 0 Å². The second-order valence-corrected chi connectivity index (χ2v) is 6.95. The number of carbonyl (C=O) groups is 1. The molecule has 1 aliphatic carbocycles. The molecule has 0 aliphatic heterocycles. The van der Waals surface area contributed by atoms with Gasteiger partial charge in [0.25, 0.3) is 0 Å². The third-order valence-electron chi connectivity index (χ3n) is 4.38. The average molecular weight is 347 g/mol. The predicted molar refractivity (Wildman–Crippen MR) is 96.7 cm³/mol. The molecule has 4 heteroatoms. The van der Waals surface area contributed by atoms with Crippen molar-refractivity contribution in [3.05, 3.63) is 52.0 Å². The summed E-state index contributed by atoms with van der Waals surface area (Å²) in [5.41, 5.74) is 5.58. The second-order valence-electron chi connectivity index (χ2n) is 5.66. The summed E-state index contributed by atoms with van der Waals surface area (Å²) in [6.45, 7) is 0. The summed E-state index contributed by atoms with van der Waals surface area (Å²) in [5, 5.41) is 0.735. The van der Waals surface area contributed by atoms with Crippen molar-refractivity contribution in [3.8, 4) is 11.1 Å². The summed E-state index contributed by atoms with van der Waals surface area (Å²) < 4.78 is 5.04. The molecule has 3 rings (SSSR count). The number of ether oxygens (including phenoxy) is 1. The van der Waals surface area contributed by atoms with Crippen LogP contribution in [0.5, 0.6) is 0 Å². The molecule has 0 unspecified atom stereocenters. The lowest BCUT2D eigenvalue weighted by Crippen LogP contribution is -2.14. The highest BCUT2D eigenvalue weighted by Gasteiger charge is 2.25. The predicted octanol–water partition coefficient (Wildman–Crippen LogP) is 5.39. The van der Waals surface area contributed by atoms with E-state index in [2.05, 4.69) is 18.2 Å².